The lowest BCUT2D eigenvalue weighted by molar-refractivity contribution is -0.122. The number of urea groups is 2. The normalized spacial score (nSPS) is 10.7. The van der Waals surface area contributed by atoms with E-state index in [1.165, 1.54) is 25.7 Å². The highest BCUT2D eigenvalue weighted by Crippen LogP contribution is 2.10. The van der Waals surface area contributed by atoms with Crippen molar-refractivity contribution in [3.05, 3.63) is 0 Å². The average Bonchev–Trinajstić information content (AvgIpc) is 3.02. The number of ether oxygens (including phenoxy) is 2. The molecule has 0 fully saturated rings. The van der Waals surface area contributed by atoms with Crippen molar-refractivity contribution < 1.29 is 28.7 Å². The van der Waals surface area contributed by atoms with Crippen LogP contribution in [0.25, 0.3) is 0 Å². The summed E-state index contributed by atoms with van der Waals surface area (Å²) in [5.41, 5.74) is 0. The molecule has 45 heavy (non-hydrogen) atoms. The molecular weight excluding hydrogens is 576 g/mol. The molecule has 0 aromatic rings. The first-order chi connectivity index (χ1) is 22.0. The van der Waals surface area contributed by atoms with Gasteiger partial charge in [-0.05, 0) is 32.1 Å². The van der Waals surface area contributed by atoms with Crippen LogP contribution in [0.2, 0.25) is 0 Å². The number of rotatable bonds is 32. The van der Waals surface area contributed by atoms with Gasteiger partial charge in [-0.15, -0.1) is 0 Å². The van der Waals surface area contributed by atoms with Crippen LogP contribution >= 0.6 is 0 Å². The molecule has 0 rings (SSSR count). The lowest BCUT2D eigenvalue weighted by atomic mass is 10.1. The van der Waals surface area contributed by atoms with Crippen LogP contribution in [0.3, 0.4) is 0 Å². The molecule has 0 aromatic heterocycles. The Morgan fingerprint density at radius 2 is 0.644 bits per heavy atom. The summed E-state index contributed by atoms with van der Waals surface area (Å²) in [5, 5.41) is 17.1. The van der Waals surface area contributed by atoms with E-state index in [1.54, 1.807) is 14.2 Å². The molecule has 0 aromatic carbocycles. The molecule has 0 saturated heterocycles. The number of amides is 6. The number of carbonyl (C=O) groups excluding carboxylic acids is 4. The molecule has 12 nitrogen and oxygen atoms in total. The topological polar surface area (TPSA) is 159 Å². The molecule has 6 N–H and O–H groups in total. The fourth-order valence-corrected chi connectivity index (χ4v) is 4.73. The van der Waals surface area contributed by atoms with Crippen LogP contribution in [0.4, 0.5) is 9.59 Å². The maximum Gasteiger partial charge on any atom is 0.314 e. The molecule has 0 unspecified atom stereocenters. The van der Waals surface area contributed by atoms with E-state index in [0.717, 1.165) is 77.0 Å². The van der Waals surface area contributed by atoms with E-state index < -0.39 is 0 Å². The van der Waals surface area contributed by atoms with Gasteiger partial charge in [0.25, 0.3) is 0 Å². The molecular formula is C33H66N6O6. The number of hydrogen-bond donors (Lipinski definition) is 6. The molecule has 0 radical (unpaired) electrons. The van der Waals surface area contributed by atoms with Crippen LogP contribution in [0, 0.1) is 0 Å². The van der Waals surface area contributed by atoms with Crippen molar-refractivity contribution >= 4 is 23.9 Å². The van der Waals surface area contributed by atoms with Gasteiger partial charge in [0.05, 0.1) is 13.2 Å². The zero-order valence-electron chi connectivity index (χ0n) is 28.5. The molecule has 0 aliphatic heterocycles. The Labute approximate surface area is 273 Å². The van der Waals surface area contributed by atoms with Crippen LogP contribution in [0.15, 0.2) is 0 Å². The summed E-state index contributed by atoms with van der Waals surface area (Å²) in [6.45, 7) is 4.63. The number of nitrogens with one attached hydrogen (secondary N) is 6. The number of carbonyl (C=O) groups is 4. The van der Waals surface area contributed by atoms with Gasteiger partial charge in [0.15, 0.2) is 0 Å². The summed E-state index contributed by atoms with van der Waals surface area (Å²) in [6, 6.07) is -0.321. The molecule has 0 aliphatic rings. The minimum atomic E-state index is -0.160. The zero-order chi connectivity index (χ0) is 33.1. The molecule has 0 saturated carbocycles. The number of hydrogen-bond acceptors (Lipinski definition) is 6. The maximum atomic E-state index is 11.9. The van der Waals surface area contributed by atoms with E-state index in [0.29, 0.717) is 71.7 Å². The summed E-state index contributed by atoms with van der Waals surface area (Å²) < 4.78 is 9.83. The Morgan fingerprint density at radius 1 is 0.356 bits per heavy atom. The molecule has 0 bridgehead atoms. The van der Waals surface area contributed by atoms with Crippen molar-refractivity contribution in [3.8, 4) is 0 Å². The van der Waals surface area contributed by atoms with Crippen LogP contribution < -0.4 is 31.9 Å². The lowest BCUT2D eigenvalue weighted by Gasteiger charge is -2.09. The van der Waals surface area contributed by atoms with Crippen molar-refractivity contribution in [1.29, 1.82) is 0 Å². The zero-order valence-corrected chi connectivity index (χ0v) is 28.5. The Kier molecular flexibility index (Phi) is 32.3. The molecule has 6 amide bonds. The average molecular weight is 643 g/mol. The molecule has 0 aliphatic carbocycles. The van der Waals surface area contributed by atoms with Crippen molar-refractivity contribution in [1.82, 2.24) is 31.9 Å². The first kappa shape index (κ1) is 42.4. The van der Waals surface area contributed by atoms with Crippen LogP contribution in [-0.4, -0.2) is 90.6 Å². The van der Waals surface area contributed by atoms with Crippen molar-refractivity contribution in [2.24, 2.45) is 0 Å². The fourth-order valence-electron chi connectivity index (χ4n) is 4.73. The SMILES string of the molecule is COCCNC(=O)CCCCCCCCCCNC(=O)NCCCNC(=O)NCCCCCCCCCCC(=O)NCCOC. The third kappa shape index (κ3) is 34.1. The Hall–Kier alpha value is -2.60. The van der Waals surface area contributed by atoms with E-state index in [2.05, 4.69) is 31.9 Å². The minimum Gasteiger partial charge on any atom is -0.383 e. The van der Waals surface area contributed by atoms with E-state index >= 15 is 0 Å². The highest BCUT2D eigenvalue weighted by Gasteiger charge is 2.03. The monoisotopic (exact) mass is 643 g/mol. The standard InChI is InChI=1S/C33H66N6O6/c1-44-28-26-34-30(40)20-15-11-7-3-5-9-13-17-22-36-32(42)38-24-19-25-39-33(43)37-23-18-14-10-6-4-8-12-16-21-31(41)35-27-29-45-2/h3-29H2,1-2H3,(H,34,40)(H,35,41)(H2,36,38,42)(H2,37,39,43). The molecule has 12 heteroatoms. The minimum absolute atomic E-state index is 0.106. The van der Waals surface area contributed by atoms with Crippen molar-refractivity contribution in [2.45, 2.75) is 122 Å². The highest BCUT2D eigenvalue weighted by molar-refractivity contribution is 5.76. The van der Waals surface area contributed by atoms with Crippen LogP contribution in [-0.2, 0) is 19.1 Å². The van der Waals surface area contributed by atoms with E-state index in [-0.39, 0.29) is 23.9 Å². The Balaban J connectivity index is 3.34. The van der Waals surface area contributed by atoms with Gasteiger partial charge in [0, 0.05) is 66.3 Å². The second-order valence-corrected chi connectivity index (χ2v) is 11.6. The Morgan fingerprint density at radius 3 is 0.978 bits per heavy atom. The summed E-state index contributed by atoms with van der Waals surface area (Å²) in [5.74, 6) is 0.213. The third-order valence-corrected chi connectivity index (χ3v) is 7.41. The first-order valence-corrected chi connectivity index (χ1v) is 17.5. The predicted octanol–water partition coefficient (Wildman–Crippen LogP) is 4.52. The van der Waals surface area contributed by atoms with Gasteiger partial charge in [-0.25, -0.2) is 9.59 Å². The number of methoxy groups -OCH3 is 2. The molecule has 0 heterocycles. The van der Waals surface area contributed by atoms with Gasteiger partial charge >= 0.3 is 12.1 Å². The van der Waals surface area contributed by atoms with Gasteiger partial charge in [0.2, 0.25) is 11.8 Å². The summed E-state index contributed by atoms with van der Waals surface area (Å²) >= 11 is 0. The van der Waals surface area contributed by atoms with Gasteiger partial charge in [-0.1, -0.05) is 77.0 Å². The maximum absolute atomic E-state index is 11.9. The van der Waals surface area contributed by atoms with E-state index in [9.17, 15) is 19.2 Å². The van der Waals surface area contributed by atoms with Crippen molar-refractivity contribution in [2.75, 3.05) is 66.7 Å². The number of unbranched alkanes of at least 4 members (excludes halogenated alkanes) is 14. The highest BCUT2D eigenvalue weighted by atomic mass is 16.5. The molecule has 0 atom stereocenters. The van der Waals surface area contributed by atoms with Crippen molar-refractivity contribution in [3.63, 3.8) is 0 Å². The van der Waals surface area contributed by atoms with Gasteiger partial charge in [-0.3, -0.25) is 9.59 Å². The van der Waals surface area contributed by atoms with Crippen LogP contribution in [0.1, 0.15) is 122 Å². The predicted molar refractivity (Wildman–Crippen MR) is 180 cm³/mol. The molecule has 264 valence electrons. The summed E-state index contributed by atoms with van der Waals surface area (Å²) in [6.07, 6.45) is 19.4. The van der Waals surface area contributed by atoms with Crippen LogP contribution in [0.5, 0.6) is 0 Å². The summed E-state index contributed by atoms with van der Waals surface area (Å²) in [7, 11) is 3.25. The largest absolute Gasteiger partial charge is 0.383 e. The summed E-state index contributed by atoms with van der Waals surface area (Å²) in [4.78, 5) is 47.0. The smallest absolute Gasteiger partial charge is 0.314 e. The Bertz CT molecular complexity index is 670. The van der Waals surface area contributed by atoms with Gasteiger partial charge in [-0.2, -0.15) is 0 Å². The van der Waals surface area contributed by atoms with E-state index in [1.807, 2.05) is 0 Å². The third-order valence-electron chi connectivity index (χ3n) is 7.41. The fraction of sp³-hybridized carbons (Fsp3) is 0.879. The van der Waals surface area contributed by atoms with E-state index in [4.69, 9.17) is 9.47 Å². The lowest BCUT2D eigenvalue weighted by Crippen LogP contribution is -2.39. The van der Waals surface area contributed by atoms with Gasteiger partial charge in [0.1, 0.15) is 0 Å². The first-order valence-electron chi connectivity index (χ1n) is 17.5. The quantitative estimate of drug-likeness (QED) is 0.0592. The second-order valence-electron chi connectivity index (χ2n) is 11.6. The second kappa shape index (κ2) is 34.3. The van der Waals surface area contributed by atoms with Gasteiger partial charge < -0.3 is 41.4 Å². The molecule has 0 spiro atoms.